The molecule has 0 aromatic rings. The predicted molar refractivity (Wildman–Crippen MR) is 47.7 cm³/mol. The second-order valence-corrected chi connectivity index (χ2v) is 2.75. The van der Waals surface area contributed by atoms with Crippen LogP contribution in [-0.2, 0) is 0 Å². The molecule has 1 atom stereocenters. The van der Waals surface area contributed by atoms with Crippen LogP contribution in [0.2, 0.25) is 0 Å². The van der Waals surface area contributed by atoms with Gasteiger partial charge in [-0.05, 0) is 32.6 Å². The molecular weight excluding hydrogens is 120 g/mol. The highest BCUT2D eigenvalue weighted by Crippen LogP contribution is 2.07. The molecule has 0 heteroatoms. The van der Waals surface area contributed by atoms with E-state index in [-0.39, 0.29) is 0 Å². The maximum atomic E-state index is 3.80. The van der Waals surface area contributed by atoms with Crippen LogP contribution in [0, 0.1) is 12.8 Å². The molecule has 0 saturated heterocycles. The molecule has 0 nitrogen and oxygen atoms in total. The number of hydrogen-bond donors (Lipinski definition) is 0. The topological polar surface area (TPSA) is 0 Å². The van der Waals surface area contributed by atoms with Crippen molar-refractivity contribution in [1.82, 2.24) is 0 Å². The van der Waals surface area contributed by atoms with E-state index >= 15 is 0 Å². The standard InChI is InChI=1S/C10H17/c1-5-9(3)7-8-10(4)6-2/h5,8-9H,1-2,6-7H2,3-4H3. The van der Waals surface area contributed by atoms with Crippen LogP contribution in [0.4, 0.5) is 0 Å². The number of hydrogen-bond acceptors (Lipinski definition) is 0. The molecule has 0 bridgehead atoms. The van der Waals surface area contributed by atoms with Gasteiger partial charge in [-0.2, -0.15) is 0 Å². The Labute approximate surface area is 64.6 Å². The van der Waals surface area contributed by atoms with Crippen LogP contribution in [0.3, 0.4) is 0 Å². The van der Waals surface area contributed by atoms with Gasteiger partial charge in [-0.1, -0.05) is 24.6 Å². The Morgan fingerprint density at radius 2 is 2.20 bits per heavy atom. The molecule has 0 aliphatic heterocycles. The quantitative estimate of drug-likeness (QED) is 0.521. The zero-order valence-electron chi connectivity index (χ0n) is 7.06. The van der Waals surface area contributed by atoms with Crippen molar-refractivity contribution in [3.8, 4) is 0 Å². The van der Waals surface area contributed by atoms with Crippen molar-refractivity contribution < 1.29 is 0 Å². The van der Waals surface area contributed by atoms with Gasteiger partial charge < -0.3 is 0 Å². The average Bonchev–Trinajstić information content (AvgIpc) is 1.99. The van der Waals surface area contributed by atoms with Gasteiger partial charge in [0.05, 0.1) is 0 Å². The van der Waals surface area contributed by atoms with E-state index < -0.39 is 0 Å². The molecule has 0 spiro atoms. The van der Waals surface area contributed by atoms with E-state index in [2.05, 4.69) is 33.4 Å². The lowest BCUT2D eigenvalue weighted by Crippen LogP contribution is -1.85. The Hall–Kier alpha value is -0.520. The molecule has 1 unspecified atom stereocenters. The lowest BCUT2D eigenvalue weighted by molar-refractivity contribution is 0.741. The molecule has 0 aliphatic rings. The summed E-state index contributed by atoms with van der Waals surface area (Å²) in [7, 11) is 0. The second-order valence-electron chi connectivity index (χ2n) is 2.75. The average molecular weight is 137 g/mol. The van der Waals surface area contributed by atoms with Gasteiger partial charge in [0.2, 0.25) is 0 Å². The van der Waals surface area contributed by atoms with Crippen LogP contribution in [0.1, 0.15) is 26.7 Å². The van der Waals surface area contributed by atoms with Crippen LogP contribution in [0.5, 0.6) is 0 Å². The van der Waals surface area contributed by atoms with Gasteiger partial charge in [0.15, 0.2) is 0 Å². The third kappa shape index (κ3) is 4.37. The lowest BCUT2D eigenvalue weighted by atomic mass is 10.1. The minimum atomic E-state index is 0.599. The van der Waals surface area contributed by atoms with Crippen LogP contribution >= 0.6 is 0 Å². The fraction of sp³-hybridized carbons (Fsp3) is 0.500. The van der Waals surface area contributed by atoms with Crippen molar-refractivity contribution >= 4 is 0 Å². The highest BCUT2D eigenvalue weighted by Gasteiger charge is 1.91. The first-order valence-electron chi connectivity index (χ1n) is 3.78. The van der Waals surface area contributed by atoms with Crippen molar-refractivity contribution in [2.24, 2.45) is 5.92 Å². The Balaban J connectivity index is 3.60. The SMILES string of the molecule is [CH2]CC(C)=CCC(C)C=C. The van der Waals surface area contributed by atoms with E-state index in [1.807, 2.05) is 6.08 Å². The summed E-state index contributed by atoms with van der Waals surface area (Å²) in [6.45, 7) is 11.8. The van der Waals surface area contributed by atoms with E-state index in [1.54, 1.807) is 0 Å². The van der Waals surface area contributed by atoms with Gasteiger partial charge in [0, 0.05) is 0 Å². The monoisotopic (exact) mass is 137 g/mol. The predicted octanol–water partition coefficient (Wildman–Crippen LogP) is 3.37. The molecule has 57 valence electrons. The fourth-order valence-corrected chi connectivity index (χ4v) is 0.585. The molecule has 0 fully saturated rings. The molecule has 0 aliphatic carbocycles. The Kier molecular flexibility index (Phi) is 5.00. The summed E-state index contributed by atoms with van der Waals surface area (Å²) in [6, 6.07) is 0. The highest BCUT2D eigenvalue weighted by molar-refractivity contribution is 5.00. The largest absolute Gasteiger partial charge is 0.103 e. The summed E-state index contributed by atoms with van der Waals surface area (Å²) >= 11 is 0. The first kappa shape index (κ1) is 9.48. The zero-order chi connectivity index (χ0) is 7.98. The zero-order valence-corrected chi connectivity index (χ0v) is 7.06. The van der Waals surface area contributed by atoms with Crippen molar-refractivity contribution in [2.75, 3.05) is 0 Å². The van der Waals surface area contributed by atoms with E-state index in [4.69, 9.17) is 0 Å². The summed E-state index contributed by atoms with van der Waals surface area (Å²) in [5.41, 5.74) is 1.37. The molecule has 0 aromatic heterocycles. The molecule has 0 rings (SSSR count). The van der Waals surface area contributed by atoms with E-state index in [0.717, 1.165) is 12.8 Å². The van der Waals surface area contributed by atoms with Gasteiger partial charge in [0.1, 0.15) is 0 Å². The maximum Gasteiger partial charge on any atom is -0.0230 e. The van der Waals surface area contributed by atoms with Gasteiger partial charge in [-0.3, -0.25) is 0 Å². The first-order chi connectivity index (χ1) is 4.70. The van der Waals surface area contributed by atoms with Crippen molar-refractivity contribution in [3.05, 3.63) is 31.2 Å². The number of allylic oxidation sites excluding steroid dienone is 3. The van der Waals surface area contributed by atoms with Crippen molar-refractivity contribution in [3.63, 3.8) is 0 Å². The van der Waals surface area contributed by atoms with Crippen LogP contribution < -0.4 is 0 Å². The highest BCUT2D eigenvalue weighted by atomic mass is 14.0. The summed E-state index contributed by atoms with van der Waals surface area (Å²) < 4.78 is 0. The Morgan fingerprint density at radius 3 is 2.60 bits per heavy atom. The molecule has 10 heavy (non-hydrogen) atoms. The van der Waals surface area contributed by atoms with Crippen molar-refractivity contribution in [2.45, 2.75) is 26.7 Å². The van der Waals surface area contributed by atoms with Gasteiger partial charge in [-0.25, -0.2) is 0 Å². The normalized spacial score (nSPS) is 14.9. The number of rotatable bonds is 4. The molecule has 0 aromatic carbocycles. The molecule has 0 amide bonds. The van der Waals surface area contributed by atoms with Crippen LogP contribution in [0.25, 0.3) is 0 Å². The fourth-order valence-electron chi connectivity index (χ4n) is 0.585. The Bertz CT molecular complexity index is 120. The second kappa shape index (κ2) is 5.28. The van der Waals surface area contributed by atoms with Gasteiger partial charge in [0.25, 0.3) is 0 Å². The molecule has 0 saturated carbocycles. The minimum absolute atomic E-state index is 0.599. The van der Waals surface area contributed by atoms with Gasteiger partial charge >= 0.3 is 0 Å². The van der Waals surface area contributed by atoms with Crippen molar-refractivity contribution in [1.29, 1.82) is 0 Å². The lowest BCUT2D eigenvalue weighted by Gasteiger charge is -2.00. The van der Waals surface area contributed by atoms with Gasteiger partial charge in [-0.15, -0.1) is 6.58 Å². The molecule has 1 radical (unpaired) electrons. The third-order valence-corrected chi connectivity index (χ3v) is 1.63. The molecule has 0 N–H and O–H groups in total. The van der Waals surface area contributed by atoms with Crippen LogP contribution in [0.15, 0.2) is 24.3 Å². The van der Waals surface area contributed by atoms with Crippen LogP contribution in [-0.4, -0.2) is 0 Å². The Morgan fingerprint density at radius 1 is 1.60 bits per heavy atom. The summed E-state index contributed by atoms with van der Waals surface area (Å²) in [4.78, 5) is 0. The minimum Gasteiger partial charge on any atom is -0.103 e. The summed E-state index contributed by atoms with van der Waals surface area (Å²) in [5.74, 6) is 0.599. The van der Waals surface area contributed by atoms with E-state index in [1.165, 1.54) is 5.57 Å². The smallest absolute Gasteiger partial charge is 0.0230 e. The third-order valence-electron chi connectivity index (χ3n) is 1.63. The summed E-state index contributed by atoms with van der Waals surface area (Å²) in [6.07, 6.45) is 6.24. The molecule has 0 heterocycles. The summed E-state index contributed by atoms with van der Waals surface area (Å²) in [5, 5.41) is 0. The molecular formula is C10H17. The van der Waals surface area contributed by atoms with E-state index in [0.29, 0.717) is 5.92 Å². The maximum absolute atomic E-state index is 3.80. The first-order valence-corrected chi connectivity index (χ1v) is 3.78. The van der Waals surface area contributed by atoms with E-state index in [9.17, 15) is 0 Å².